The maximum absolute atomic E-state index is 13.0. The van der Waals surface area contributed by atoms with Crippen LogP contribution in [0.25, 0.3) is 0 Å². The smallest absolute Gasteiger partial charge is 0.364 e. The van der Waals surface area contributed by atoms with E-state index in [1.807, 2.05) is 0 Å². The number of hydrogen-bond donors (Lipinski definition) is 17. The summed E-state index contributed by atoms with van der Waals surface area (Å²) in [7, 11) is 0. The van der Waals surface area contributed by atoms with Crippen LogP contribution in [0.1, 0.15) is 33.6 Å². The molecule has 29 nitrogen and oxygen atoms in total. The lowest BCUT2D eigenvalue weighted by Gasteiger charge is -2.52. The molecule has 5 heterocycles. The average Bonchev–Trinajstić information content (AvgIpc) is 3.26. The van der Waals surface area contributed by atoms with E-state index in [0.29, 0.717) is 0 Å². The first-order valence-electron chi connectivity index (χ1n) is 21.0. The predicted molar refractivity (Wildman–Crippen MR) is 204 cm³/mol. The second kappa shape index (κ2) is 22.9. The zero-order chi connectivity index (χ0) is 49.1. The quantitative estimate of drug-likeness (QED) is 0.0643. The standard InChI is InChI=1S/C37H62N2O27/c1-10-13(46)4-14(47)33(58-10)63-29-21(39-12(3)45)34(64-30-23(51)17(7-41)59-32(55)25(30)53)61-19(9-43)27(29)62-35-26(54)31(24(52)18(8-42)60-35)66-37(36(56)57)5-15(48)20(38-11(2)44)28(65-37)22(50)16(49)6-40/h10,13-35,40-43,46-55H,4-9H2,1-3H3,(H,38,44)(H,39,45)(H,56,57)/t10-,13-,14-,15-,16+,17+,18+,19+,20+,21+,22+,23-,24-,25+,26+,27+,28+,29+,30-,31-,32?,33-,34-,35-,37-/m0/s1. The van der Waals surface area contributed by atoms with Crippen molar-refractivity contribution in [1.82, 2.24) is 10.6 Å². The molecule has 5 rings (SSSR count). The van der Waals surface area contributed by atoms with Crippen molar-refractivity contribution in [2.24, 2.45) is 0 Å². The molecule has 5 fully saturated rings. The van der Waals surface area contributed by atoms with Crippen LogP contribution in [-0.4, -0.2) is 274 Å². The molecule has 0 saturated carbocycles. The molecule has 0 aromatic heterocycles. The Balaban J connectivity index is 1.53. The molecule has 1 unspecified atom stereocenters. The lowest BCUT2D eigenvalue weighted by atomic mass is 9.88. The topological polar surface area (TPSA) is 462 Å². The summed E-state index contributed by atoms with van der Waals surface area (Å²) in [5.41, 5.74) is 0. The Morgan fingerprint density at radius 1 is 0.636 bits per heavy atom. The number of carbonyl (C=O) groups is 3. The van der Waals surface area contributed by atoms with Gasteiger partial charge in [0.25, 0.3) is 5.79 Å². The normalized spacial score (nSPS) is 46.5. The van der Waals surface area contributed by atoms with Crippen molar-refractivity contribution < 1.29 is 134 Å². The van der Waals surface area contributed by atoms with Crippen LogP contribution in [0.3, 0.4) is 0 Å². The Kier molecular flexibility index (Phi) is 18.9. The zero-order valence-corrected chi connectivity index (χ0v) is 35.7. The molecule has 0 spiro atoms. The van der Waals surface area contributed by atoms with Crippen molar-refractivity contribution in [3.05, 3.63) is 0 Å². The van der Waals surface area contributed by atoms with E-state index in [1.165, 1.54) is 6.92 Å². The fourth-order valence-corrected chi connectivity index (χ4v) is 8.41. The number of amides is 2. The minimum Gasteiger partial charge on any atom is -0.477 e. The summed E-state index contributed by atoms with van der Waals surface area (Å²) in [5, 5.41) is 164. The highest BCUT2D eigenvalue weighted by molar-refractivity contribution is 5.76. The van der Waals surface area contributed by atoms with Gasteiger partial charge in [-0.25, -0.2) is 4.79 Å². The predicted octanol–water partition coefficient (Wildman–Crippen LogP) is -10.4. The second-order valence-corrected chi connectivity index (χ2v) is 16.7. The molecule has 25 atom stereocenters. The summed E-state index contributed by atoms with van der Waals surface area (Å²) >= 11 is 0. The molecule has 29 heteroatoms. The van der Waals surface area contributed by atoms with E-state index in [2.05, 4.69) is 10.6 Å². The first-order valence-corrected chi connectivity index (χ1v) is 21.0. The van der Waals surface area contributed by atoms with E-state index >= 15 is 0 Å². The Morgan fingerprint density at radius 2 is 1.18 bits per heavy atom. The van der Waals surface area contributed by atoms with Gasteiger partial charge in [0.1, 0.15) is 97.6 Å². The SMILES string of the molecule is CC(=O)N[C@H]1[C@H](O[C@H]2[C@@H](O)[C@@H](CO)OC(O)[C@@H]2O)O[C@H](CO)[C@@H](O[C@@H]2O[C@H](CO)[C@H](O)[C@H](O[C@]3(C(=O)O)C[C@H](O)[C@@H](NC(C)=O)[C@H]([C@H](O)[C@H](O)CO)O3)[C@H]2O)[C@@H]1O[C@@H]1O[C@@H](C)[C@@H](O)C[C@@H]1O. The molecule has 0 aromatic rings. The average molecular weight is 967 g/mol. The van der Waals surface area contributed by atoms with Crippen LogP contribution in [0.15, 0.2) is 0 Å². The molecule has 0 bridgehead atoms. The minimum atomic E-state index is -3.17. The molecule has 17 N–H and O–H groups in total. The van der Waals surface area contributed by atoms with Gasteiger partial charge in [0.05, 0.1) is 50.8 Å². The van der Waals surface area contributed by atoms with Gasteiger partial charge in [-0.1, -0.05) is 0 Å². The zero-order valence-electron chi connectivity index (χ0n) is 35.7. The minimum absolute atomic E-state index is 0.320. The highest BCUT2D eigenvalue weighted by atomic mass is 16.8. The van der Waals surface area contributed by atoms with Crippen molar-refractivity contribution in [3.8, 4) is 0 Å². The van der Waals surface area contributed by atoms with Crippen molar-refractivity contribution in [1.29, 1.82) is 0 Å². The number of aliphatic hydroxyl groups is 14. The van der Waals surface area contributed by atoms with Crippen molar-refractivity contribution in [2.45, 2.75) is 187 Å². The van der Waals surface area contributed by atoms with Crippen LogP contribution in [0, 0.1) is 0 Å². The Bertz CT molecular complexity index is 1610. The number of carboxylic acid groups (broad SMARTS) is 1. The maximum atomic E-state index is 13.0. The fourth-order valence-electron chi connectivity index (χ4n) is 8.41. The first-order chi connectivity index (χ1) is 31.0. The number of carbonyl (C=O) groups excluding carboxylic acids is 2. The first kappa shape index (κ1) is 54.4. The highest BCUT2D eigenvalue weighted by Gasteiger charge is 2.61. The van der Waals surface area contributed by atoms with E-state index in [1.54, 1.807) is 0 Å². The van der Waals surface area contributed by atoms with E-state index in [-0.39, 0.29) is 6.42 Å². The van der Waals surface area contributed by atoms with Gasteiger partial charge < -0.3 is 130 Å². The van der Waals surface area contributed by atoms with Crippen LogP contribution < -0.4 is 10.6 Å². The summed E-state index contributed by atoms with van der Waals surface area (Å²) in [5.74, 6) is -6.86. The van der Waals surface area contributed by atoms with Crippen LogP contribution in [0.5, 0.6) is 0 Å². The largest absolute Gasteiger partial charge is 0.477 e. The van der Waals surface area contributed by atoms with Crippen molar-refractivity contribution in [2.75, 3.05) is 26.4 Å². The van der Waals surface area contributed by atoms with Gasteiger partial charge in [-0.15, -0.1) is 0 Å². The third-order valence-corrected chi connectivity index (χ3v) is 11.9. The third-order valence-electron chi connectivity index (χ3n) is 11.9. The molecule has 66 heavy (non-hydrogen) atoms. The Labute approximate surface area is 374 Å². The van der Waals surface area contributed by atoms with Crippen LogP contribution in [0.2, 0.25) is 0 Å². The van der Waals surface area contributed by atoms with Gasteiger partial charge in [0.15, 0.2) is 25.2 Å². The maximum Gasteiger partial charge on any atom is 0.364 e. The van der Waals surface area contributed by atoms with Gasteiger partial charge in [-0.2, -0.15) is 0 Å². The molecule has 5 aliphatic rings. The molecule has 0 aliphatic carbocycles. The Morgan fingerprint density at radius 3 is 1.76 bits per heavy atom. The molecule has 2 amide bonds. The number of rotatable bonds is 17. The van der Waals surface area contributed by atoms with E-state index in [4.69, 9.17) is 42.6 Å². The van der Waals surface area contributed by atoms with Crippen molar-refractivity contribution >= 4 is 17.8 Å². The number of ether oxygens (including phenoxy) is 9. The van der Waals surface area contributed by atoms with Gasteiger partial charge in [0.2, 0.25) is 11.8 Å². The molecular formula is C37H62N2O27. The third kappa shape index (κ3) is 11.7. The molecule has 0 aromatic carbocycles. The molecule has 5 aliphatic heterocycles. The fraction of sp³-hybridized carbons (Fsp3) is 0.919. The monoisotopic (exact) mass is 966 g/mol. The van der Waals surface area contributed by atoms with E-state index < -0.39 is 204 Å². The van der Waals surface area contributed by atoms with E-state index in [0.717, 1.165) is 13.8 Å². The van der Waals surface area contributed by atoms with Gasteiger partial charge in [0, 0.05) is 26.7 Å². The van der Waals surface area contributed by atoms with Crippen LogP contribution in [0.4, 0.5) is 0 Å². The van der Waals surface area contributed by atoms with Gasteiger partial charge in [-0.05, 0) is 6.92 Å². The summed E-state index contributed by atoms with van der Waals surface area (Å²) < 4.78 is 52.0. The number of aliphatic hydroxyl groups excluding tert-OH is 14. The van der Waals surface area contributed by atoms with Crippen molar-refractivity contribution in [3.63, 3.8) is 0 Å². The van der Waals surface area contributed by atoms with Crippen LogP contribution >= 0.6 is 0 Å². The number of aliphatic carboxylic acids is 1. The molecule has 0 radical (unpaired) electrons. The lowest BCUT2D eigenvalue weighted by Crippen LogP contribution is -2.72. The number of hydrogen-bond acceptors (Lipinski definition) is 26. The van der Waals surface area contributed by atoms with Gasteiger partial charge in [-0.3, -0.25) is 9.59 Å². The molecular weight excluding hydrogens is 904 g/mol. The Hall–Kier alpha value is -2.51. The molecule has 5 saturated heterocycles. The van der Waals surface area contributed by atoms with Gasteiger partial charge >= 0.3 is 5.97 Å². The summed E-state index contributed by atoms with van der Waals surface area (Å²) in [6, 6.07) is -3.37. The highest BCUT2D eigenvalue weighted by Crippen LogP contribution is 2.40. The van der Waals surface area contributed by atoms with E-state index in [9.17, 15) is 91.0 Å². The number of nitrogens with one attached hydrogen (secondary N) is 2. The summed E-state index contributed by atoms with van der Waals surface area (Å²) in [4.78, 5) is 37.9. The molecule has 382 valence electrons. The lowest BCUT2D eigenvalue weighted by molar-refractivity contribution is -0.394. The summed E-state index contributed by atoms with van der Waals surface area (Å²) in [6.07, 6.45) is -42.7. The number of carboxylic acids is 1. The second-order valence-electron chi connectivity index (χ2n) is 16.7. The summed E-state index contributed by atoms with van der Waals surface area (Å²) in [6.45, 7) is -0.695. The van der Waals surface area contributed by atoms with Crippen LogP contribution in [-0.2, 0) is 57.0 Å².